The van der Waals surface area contributed by atoms with E-state index >= 15 is 0 Å². The van der Waals surface area contributed by atoms with Gasteiger partial charge in [-0.25, -0.2) is 0 Å². The summed E-state index contributed by atoms with van der Waals surface area (Å²) in [5.41, 5.74) is 4.13. The van der Waals surface area contributed by atoms with Gasteiger partial charge in [0.1, 0.15) is 5.75 Å². The molecule has 31 heavy (non-hydrogen) atoms. The smallest absolute Gasteiger partial charge is 0.258 e. The van der Waals surface area contributed by atoms with Crippen LogP contribution in [0.1, 0.15) is 16.7 Å². The van der Waals surface area contributed by atoms with Crippen LogP contribution in [0.15, 0.2) is 84.4 Å². The number of benzene rings is 3. The molecular formula is C26H23NO4. The van der Waals surface area contributed by atoms with Gasteiger partial charge in [0, 0.05) is 5.57 Å². The Balaban J connectivity index is 1.74. The van der Waals surface area contributed by atoms with Gasteiger partial charge in [-0.1, -0.05) is 36.4 Å². The Hall–Kier alpha value is -3.99. The quantitative estimate of drug-likeness (QED) is 0.586. The summed E-state index contributed by atoms with van der Waals surface area (Å²) in [5, 5.41) is 9.84. The first-order valence-corrected chi connectivity index (χ1v) is 9.89. The number of amides is 1. The summed E-state index contributed by atoms with van der Waals surface area (Å²) in [6, 6.07) is 22.6. The minimum Gasteiger partial charge on any atom is -0.504 e. The molecule has 0 unspecified atom stereocenters. The highest BCUT2D eigenvalue weighted by atomic mass is 16.5. The van der Waals surface area contributed by atoms with Crippen LogP contribution >= 0.6 is 0 Å². The minimum absolute atomic E-state index is 0.0579. The Bertz CT molecular complexity index is 1150. The Morgan fingerprint density at radius 2 is 1.68 bits per heavy atom. The maximum absolute atomic E-state index is 13.3. The molecule has 0 saturated carbocycles. The van der Waals surface area contributed by atoms with Crippen molar-refractivity contribution >= 4 is 17.7 Å². The molecule has 5 nitrogen and oxygen atoms in total. The van der Waals surface area contributed by atoms with E-state index < -0.39 is 0 Å². The monoisotopic (exact) mass is 413 g/mol. The molecule has 0 aliphatic carbocycles. The maximum atomic E-state index is 13.3. The third-order valence-corrected chi connectivity index (χ3v) is 5.17. The molecule has 0 atom stereocenters. The summed E-state index contributed by atoms with van der Waals surface area (Å²) in [6.45, 7) is 0.466. The first kappa shape index (κ1) is 20.3. The lowest BCUT2D eigenvalue weighted by molar-refractivity contribution is -0.123. The standard InChI is InChI=1S/C26H23NO4/c1-30-22-11-9-20(10-12-22)23-16-21(14-19-8-13-24(28)25(15-19)31-2)26(29)27(23)17-18-6-4-3-5-7-18/h3-16,28H,17H2,1-2H3/b21-14+. The van der Waals surface area contributed by atoms with Gasteiger partial charge in [-0.05, 0) is 65.2 Å². The Morgan fingerprint density at radius 3 is 2.35 bits per heavy atom. The molecule has 156 valence electrons. The topological polar surface area (TPSA) is 59.0 Å². The predicted molar refractivity (Wildman–Crippen MR) is 121 cm³/mol. The van der Waals surface area contributed by atoms with E-state index in [1.807, 2.05) is 60.7 Å². The fraction of sp³-hybridized carbons (Fsp3) is 0.115. The van der Waals surface area contributed by atoms with Crippen LogP contribution in [-0.4, -0.2) is 30.1 Å². The lowest BCUT2D eigenvalue weighted by Crippen LogP contribution is -2.25. The summed E-state index contributed by atoms with van der Waals surface area (Å²) in [5.74, 6) is 1.10. The van der Waals surface area contributed by atoms with Gasteiger partial charge >= 0.3 is 0 Å². The molecule has 1 amide bonds. The van der Waals surface area contributed by atoms with Crippen molar-refractivity contribution in [3.63, 3.8) is 0 Å². The molecule has 0 radical (unpaired) electrons. The number of nitrogens with zero attached hydrogens (tertiary/aromatic N) is 1. The van der Waals surface area contributed by atoms with Gasteiger partial charge in [0.05, 0.1) is 26.5 Å². The average Bonchev–Trinajstić information content (AvgIpc) is 3.11. The minimum atomic E-state index is -0.0817. The van der Waals surface area contributed by atoms with E-state index in [1.165, 1.54) is 7.11 Å². The highest BCUT2D eigenvalue weighted by Gasteiger charge is 2.29. The van der Waals surface area contributed by atoms with E-state index in [4.69, 9.17) is 9.47 Å². The van der Waals surface area contributed by atoms with Crippen LogP contribution < -0.4 is 9.47 Å². The molecular weight excluding hydrogens is 390 g/mol. The normalized spacial score (nSPS) is 14.6. The van der Waals surface area contributed by atoms with Gasteiger partial charge in [0.2, 0.25) is 0 Å². The summed E-state index contributed by atoms with van der Waals surface area (Å²) in [7, 11) is 3.12. The predicted octanol–water partition coefficient (Wildman–Crippen LogP) is 4.88. The van der Waals surface area contributed by atoms with Crippen LogP contribution in [0.2, 0.25) is 0 Å². The SMILES string of the molecule is COc1ccc(C2=C/C(=C\c3ccc(O)c(OC)c3)C(=O)N2Cc2ccccc2)cc1. The Kier molecular flexibility index (Phi) is 5.76. The van der Waals surface area contributed by atoms with Crippen molar-refractivity contribution in [3.8, 4) is 17.2 Å². The molecule has 3 aromatic carbocycles. The molecule has 1 aliphatic rings. The molecule has 1 aliphatic heterocycles. The maximum Gasteiger partial charge on any atom is 0.258 e. The second kappa shape index (κ2) is 8.79. The van der Waals surface area contributed by atoms with Crippen molar-refractivity contribution in [2.75, 3.05) is 14.2 Å². The number of hydrogen-bond acceptors (Lipinski definition) is 4. The molecule has 1 heterocycles. The largest absolute Gasteiger partial charge is 0.504 e. The van der Waals surface area contributed by atoms with Crippen molar-refractivity contribution in [3.05, 3.63) is 101 Å². The summed E-state index contributed by atoms with van der Waals surface area (Å²) in [6.07, 6.45) is 3.70. The molecule has 0 saturated heterocycles. The van der Waals surface area contributed by atoms with Gasteiger partial charge in [0.15, 0.2) is 11.5 Å². The van der Waals surface area contributed by atoms with E-state index in [9.17, 15) is 9.90 Å². The van der Waals surface area contributed by atoms with Crippen molar-refractivity contribution in [1.82, 2.24) is 4.90 Å². The van der Waals surface area contributed by atoms with E-state index in [0.29, 0.717) is 17.9 Å². The lowest BCUT2D eigenvalue weighted by atomic mass is 10.1. The van der Waals surface area contributed by atoms with E-state index in [0.717, 1.165) is 28.1 Å². The zero-order valence-electron chi connectivity index (χ0n) is 17.4. The molecule has 1 N–H and O–H groups in total. The van der Waals surface area contributed by atoms with Gasteiger partial charge in [-0.2, -0.15) is 0 Å². The number of phenolic OH excluding ortho intramolecular Hbond substituents is 1. The second-order valence-electron chi connectivity index (χ2n) is 7.17. The van der Waals surface area contributed by atoms with Crippen LogP contribution in [0.25, 0.3) is 11.8 Å². The fourth-order valence-electron chi connectivity index (χ4n) is 3.54. The molecule has 0 fully saturated rings. The van der Waals surface area contributed by atoms with Gasteiger partial charge in [-0.15, -0.1) is 0 Å². The van der Waals surface area contributed by atoms with Crippen molar-refractivity contribution in [1.29, 1.82) is 0 Å². The highest BCUT2D eigenvalue weighted by molar-refractivity contribution is 6.10. The number of carbonyl (C=O) groups is 1. The fourth-order valence-corrected chi connectivity index (χ4v) is 3.54. The van der Waals surface area contributed by atoms with Crippen LogP contribution in [0, 0.1) is 0 Å². The Labute approximate surface area is 181 Å². The average molecular weight is 413 g/mol. The van der Waals surface area contributed by atoms with Crippen LogP contribution in [-0.2, 0) is 11.3 Å². The number of hydrogen-bond donors (Lipinski definition) is 1. The zero-order valence-corrected chi connectivity index (χ0v) is 17.4. The highest BCUT2D eigenvalue weighted by Crippen LogP contribution is 2.34. The van der Waals surface area contributed by atoms with Crippen molar-refractivity contribution < 1.29 is 19.4 Å². The number of phenols is 1. The van der Waals surface area contributed by atoms with E-state index in [-0.39, 0.29) is 11.7 Å². The third-order valence-electron chi connectivity index (χ3n) is 5.17. The van der Waals surface area contributed by atoms with Crippen molar-refractivity contribution in [2.45, 2.75) is 6.54 Å². The first-order chi connectivity index (χ1) is 15.1. The van der Waals surface area contributed by atoms with Crippen LogP contribution in [0.4, 0.5) is 0 Å². The molecule has 0 aromatic heterocycles. The number of methoxy groups -OCH3 is 2. The lowest BCUT2D eigenvalue weighted by Gasteiger charge is -2.21. The van der Waals surface area contributed by atoms with Gasteiger partial charge in [0.25, 0.3) is 5.91 Å². The second-order valence-corrected chi connectivity index (χ2v) is 7.17. The molecule has 3 aromatic rings. The summed E-state index contributed by atoms with van der Waals surface area (Å²) in [4.78, 5) is 15.1. The van der Waals surface area contributed by atoms with Gasteiger partial charge in [-0.3, -0.25) is 4.79 Å². The number of rotatable bonds is 6. The number of carbonyl (C=O) groups excluding carboxylic acids is 1. The third kappa shape index (κ3) is 4.31. The molecule has 0 bridgehead atoms. The van der Waals surface area contributed by atoms with Crippen LogP contribution in [0.3, 0.4) is 0 Å². The van der Waals surface area contributed by atoms with E-state index in [1.54, 1.807) is 36.3 Å². The van der Waals surface area contributed by atoms with Crippen LogP contribution in [0.5, 0.6) is 17.2 Å². The molecule has 5 heteroatoms. The molecule has 0 spiro atoms. The number of ether oxygens (including phenoxy) is 2. The summed E-state index contributed by atoms with van der Waals surface area (Å²) >= 11 is 0. The first-order valence-electron chi connectivity index (χ1n) is 9.89. The molecule has 4 rings (SSSR count). The zero-order chi connectivity index (χ0) is 21.8. The van der Waals surface area contributed by atoms with Gasteiger partial charge < -0.3 is 19.5 Å². The summed E-state index contributed by atoms with van der Waals surface area (Å²) < 4.78 is 10.5. The van der Waals surface area contributed by atoms with Crippen molar-refractivity contribution in [2.24, 2.45) is 0 Å². The number of aromatic hydroxyl groups is 1. The Morgan fingerprint density at radius 1 is 0.935 bits per heavy atom. The van der Waals surface area contributed by atoms with E-state index in [2.05, 4.69) is 0 Å².